The van der Waals surface area contributed by atoms with Crippen molar-refractivity contribution in [3.63, 3.8) is 0 Å². The maximum absolute atomic E-state index is 11.5. The number of nitrogens with two attached hydrogens (primary N) is 1. The first-order valence-corrected chi connectivity index (χ1v) is 5.73. The zero-order valence-electron chi connectivity index (χ0n) is 10.1. The first-order valence-electron chi connectivity index (χ1n) is 5.73. The summed E-state index contributed by atoms with van der Waals surface area (Å²) in [6.45, 7) is 0.291. The van der Waals surface area contributed by atoms with Gasteiger partial charge in [0.2, 0.25) is 11.8 Å². The van der Waals surface area contributed by atoms with Crippen LogP contribution < -0.4 is 21.7 Å². The number of urea groups is 1. The maximum atomic E-state index is 11.5. The second kappa shape index (κ2) is 6.57. The molecule has 19 heavy (non-hydrogen) atoms. The Labute approximate surface area is 108 Å². The van der Waals surface area contributed by atoms with Crippen LogP contribution in [0.4, 0.5) is 4.79 Å². The van der Waals surface area contributed by atoms with Crippen LogP contribution in [0.1, 0.15) is 19.3 Å². The number of hydrogen-bond acceptors (Lipinski definition) is 4. The van der Waals surface area contributed by atoms with E-state index in [9.17, 15) is 19.2 Å². The van der Waals surface area contributed by atoms with Gasteiger partial charge >= 0.3 is 12.0 Å². The molecule has 1 heterocycles. The summed E-state index contributed by atoms with van der Waals surface area (Å²) in [5, 5.41) is 16.0. The molecule has 0 aromatic carbocycles. The number of piperidine rings is 1. The SMILES string of the molecule is NC(=O)C[C@@H](NC(=O)NC1CCC(=O)NC1)C(=O)O. The number of primary amides is 1. The van der Waals surface area contributed by atoms with Crippen LogP contribution in [0.5, 0.6) is 0 Å². The highest BCUT2D eigenvalue weighted by Crippen LogP contribution is 2.02. The maximum Gasteiger partial charge on any atom is 0.326 e. The van der Waals surface area contributed by atoms with Gasteiger partial charge in [0, 0.05) is 19.0 Å². The molecule has 0 radical (unpaired) electrons. The summed E-state index contributed by atoms with van der Waals surface area (Å²) in [7, 11) is 0. The van der Waals surface area contributed by atoms with Crippen LogP contribution in [0.15, 0.2) is 0 Å². The van der Waals surface area contributed by atoms with Gasteiger partial charge in [0.05, 0.1) is 6.42 Å². The van der Waals surface area contributed by atoms with Crippen molar-refractivity contribution in [1.82, 2.24) is 16.0 Å². The lowest BCUT2D eigenvalue weighted by Gasteiger charge is -2.24. The number of carbonyl (C=O) groups is 4. The molecule has 0 spiro atoms. The van der Waals surface area contributed by atoms with Crippen LogP contribution in [0.3, 0.4) is 0 Å². The lowest BCUT2D eigenvalue weighted by molar-refractivity contribution is -0.140. The molecule has 6 N–H and O–H groups in total. The summed E-state index contributed by atoms with van der Waals surface area (Å²) in [6.07, 6.45) is 0.297. The molecule has 0 aliphatic carbocycles. The molecule has 1 fully saturated rings. The molecule has 1 saturated heterocycles. The topological polar surface area (TPSA) is 151 Å². The summed E-state index contributed by atoms with van der Waals surface area (Å²) in [5.74, 6) is -2.25. The minimum absolute atomic E-state index is 0.0874. The third kappa shape index (κ3) is 5.23. The van der Waals surface area contributed by atoms with Crippen molar-refractivity contribution < 1.29 is 24.3 Å². The molecule has 2 atom stereocenters. The molecule has 1 aliphatic heterocycles. The number of aliphatic carboxylic acids is 1. The van der Waals surface area contributed by atoms with E-state index in [1.807, 2.05) is 0 Å². The third-order valence-corrected chi connectivity index (χ3v) is 2.61. The number of carboxylic acid groups (broad SMARTS) is 1. The average molecular weight is 272 g/mol. The monoisotopic (exact) mass is 272 g/mol. The molecule has 106 valence electrons. The van der Waals surface area contributed by atoms with Gasteiger partial charge in [0.15, 0.2) is 0 Å². The molecule has 1 unspecified atom stereocenters. The van der Waals surface area contributed by atoms with Gasteiger partial charge in [-0.05, 0) is 6.42 Å². The second-order valence-electron chi connectivity index (χ2n) is 4.22. The first kappa shape index (κ1) is 14.7. The summed E-state index contributed by atoms with van der Waals surface area (Å²) >= 11 is 0. The highest BCUT2D eigenvalue weighted by atomic mass is 16.4. The second-order valence-corrected chi connectivity index (χ2v) is 4.22. The molecule has 0 aromatic heterocycles. The van der Waals surface area contributed by atoms with Gasteiger partial charge in [-0.1, -0.05) is 0 Å². The van der Waals surface area contributed by atoms with Gasteiger partial charge < -0.3 is 26.8 Å². The Morgan fingerprint density at radius 1 is 1.47 bits per heavy atom. The number of carboxylic acids is 1. The van der Waals surface area contributed by atoms with E-state index < -0.39 is 30.4 Å². The Bertz CT molecular complexity index is 387. The lowest BCUT2D eigenvalue weighted by atomic mass is 10.1. The molecular weight excluding hydrogens is 256 g/mol. The molecule has 1 rings (SSSR count). The molecule has 0 saturated carbocycles. The van der Waals surface area contributed by atoms with Crippen LogP contribution in [0.2, 0.25) is 0 Å². The van der Waals surface area contributed by atoms with E-state index in [0.29, 0.717) is 19.4 Å². The van der Waals surface area contributed by atoms with Crippen LogP contribution in [0.25, 0.3) is 0 Å². The molecule has 0 bridgehead atoms. The molecule has 1 aliphatic rings. The van der Waals surface area contributed by atoms with Crippen molar-refractivity contribution in [2.24, 2.45) is 5.73 Å². The Morgan fingerprint density at radius 3 is 2.63 bits per heavy atom. The van der Waals surface area contributed by atoms with Gasteiger partial charge in [0.1, 0.15) is 6.04 Å². The Morgan fingerprint density at radius 2 is 2.16 bits per heavy atom. The summed E-state index contributed by atoms with van der Waals surface area (Å²) in [6, 6.07) is -2.34. The van der Waals surface area contributed by atoms with Crippen LogP contribution in [-0.2, 0) is 14.4 Å². The van der Waals surface area contributed by atoms with Gasteiger partial charge in [-0.25, -0.2) is 9.59 Å². The van der Waals surface area contributed by atoms with Crippen molar-refractivity contribution in [2.75, 3.05) is 6.54 Å². The zero-order chi connectivity index (χ0) is 14.4. The minimum atomic E-state index is -1.37. The van der Waals surface area contributed by atoms with E-state index >= 15 is 0 Å². The minimum Gasteiger partial charge on any atom is -0.480 e. The van der Waals surface area contributed by atoms with E-state index in [0.717, 1.165) is 0 Å². The first-order chi connectivity index (χ1) is 8.88. The summed E-state index contributed by atoms with van der Waals surface area (Å²) < 4.78 is 0. The number of carbonyl (C=O) groups excluding carboxylic acids is 3. The number of nitrogens with one attached hydrogen (secondary N) is 3. The average Bonchev–Trinajstić information content (AvgIpc) is 2.30. The van der Waals surface area contributed by atoms with Crippen molar-refractivity contribution in [2.45, 2.75) is 31.3 Å². The third-order valence-electron chi connectivity index (χ3n) is 2.61. The Hall–Kier alpha value is -2.32. The van der Waals surface area contributed by atoms with Crippen LogP contribution in [0, 0.1) is 0 Å². The predicted molar refractivity (Wildman–Crippen MR) is 62.9 cm³/mol. The highest BCUT2D eigenvalue weighted by Gasteiger charge is 2.24. The normalized spacial score (nSPS) is 20.0. The lowest BCUT2D eigenvalue weighted by Crippen LogP contribution is -2.54. The smallest absolute Gasteiger partial charge is 0.326 e. The predicted octanol–water partition coefficient (Wildman–Crippen LogP) is -2.11. The van der Waals surface area contributed by atoms with E-state index in [2.05, 4.69) is 16.0 Å². The number of hydrogen-bond donors (Lipinski definition) is 5. The molecule has 4 amide bonds. The van der Waals surface area contributed by atoms with Crippen molar-refractivity contribution in [3.05, 3.63) is 0 Å². The largest absolute Gasteiger partial charge is 0.480 e. The van der Waals surface area contributed by atoms with Gasteiger partial charge in [0.25, 0.3) is 0 Å². The fraction of sp³-hybridized carbons (Fsp3) is 0.600. The van der Waals surface area contributed by atoms with Gasteiger partial charge in [-0.15, -0.1) is 0 Å². The van der Waals surface area contributed by atoms with E-state index in [4.69, 9.17) is 10.8 Å². The molecular formula is C10H16N4O5. The van der Waals surface area contributed by atoms with E-state index in [1.165, 1.54) is 0 Å². The molecule has 0 aromatic rings. The standard InChI is InChI=1S/C10H16N4O5/c11-7(15)3-6(9(17)18)14-10(19)13-5-1-2-8(16)12-4-5/h5-6H,1-4H2,(H2,11,15)(H,12,16)(H,17,18)(H2,13,14,19)/t5?,6-/m1/s1. The van der Waals surface area contributed by atoms with Gasteiger partial charge in [-0.2, -0.15) is 0 Å². The van der Waals surface area contributed by atoms with Crippen molar-refractivity contribution >= 4 is 23.8 Å². The molecule has 9 nitrogen and oxygen atoms in total. The van der Waals surface area contributed by atoms with Crippen LogP contribution >= 0.6 is 0 Å². The van der Waals surface area contributed by atoms with Crippen molar-refractivity contribution in [3.8, 4) is 0 Å². The van der Waals surface area contributed by atoms with Gasteiger partial charge in [-0.3, -0.25) is 9.59 Å². The fourth-order valence-corrected chi connectivity index (χ4v) is 1.64. The number of rotatable bonds is 5. The quantitative estimate of drug-likeness (QED) is 0.388. The highest BCUT2D eigenvalue weighted by molar-refractivity contribution is 5.87. The van der Waals surface area contributed by atoms with Crippen LogP contribution in [-0.4, -0.2) is 47.5 Å². The fourth-order valence-electron chi connectivity index (χ4n) is 1.64. The zero-order valence-corrected chi connectivity index (χ0v) is 10.1. The Balaban J connectivity index is 2.42. The number of amides is 4. The Kier molecular flexibility index (Phi) is 5.10. The molecule has 9 heteroatoms. The summed E-state index contributed by atoms with van der Waals surface area (Å²) in [5.41, 5.74) is 4.88. The van der Waals surface area contributed by atoms with E-state index in [1.54, 1.807) is 0 Å². The van der Waals surface area contributed by atoms with E-state index in [-0.39, 0.29) is 11.9 Å². The summed E-state index contributed by atoms with van der Waals surface area (Å²) in [4.78, 5) is 43.9. The van der Waals surface area contributed by atoms with Crippen molar-refractivity contribution in [1.29, 1.82) is 0 Å².